The van der Waals surface area contributed by atoms with Crippen molar-refractivity contribution in [2.45, 2.75) is 25.8 Å². The summed E-state index contributed by atoms with van der Waals surface area (Å²) in [6.07, 6.45) is 3.79. The molecule has 0 unspecified atom stereocenters. The third-order valence-corrected chi connectivity index (χ3v) is 4.80. The molecule has 104 valence electrons. The fourth-order valence-electron chi connectivity index (χ4n) is 3.45. The number of nitrogens with one attached hydrogen (secondary N) is 1. The molecule has 1 N–H and O–H groups in total. The molecule has 4 heteroatoms. The highest BCUT2D eigenvalue weighted by Crippen LogP contribution is 2.37. The average Bonchev–Trinajstić information content (AvgIpc) is 2.79. The zero-order valence-corrected chi connectivity index (χ0v) is 11.8. The number of piperidine rings is 1. The van der Waals surface area contributed by atoms with E-state index >= 15 is 0 Å². The van der Waals surface area contributed by atoms with Gasteiger partial charge in [0.15, 0.2) is 0 Å². The van der Waals surface area contributed by atoms with Gasteiger partial charge in [0.25, 0.3) is 0 Å². The fraction of sp³-hybridized carbons (Fsp3) is 0.600. The first-order valence-electron chi connectivity index (χ1n) is 7.05. The van der Waals surface area contributed by atoms with Gasteiger partial charge in [0.1, 0.15) is 5.82 Å². The Morgan fingerprint density at radius 3 is 3.05 bits per heavy atom. The van der Waals surface area contributed by atoms with Crippen LogP contribution in [0.1, 0.15) is 24.8 Å². The Morgan fingerprint density at radius 1 is 1.37 bits per heavy atom. The van der Waals surface area contributed by atoms with Crippen LogP contribution < -0.4 is 5.32 Å². The summed E-state index contributed by atoms with van der Waals surface area (Å²) in [6, 6.07) is 5.27. The van der Waals surface area contributed by atoms with Crippen LogP contribution in [0.25, 0.3) is 0 Å². The van der Waals surface area contributed by atoms with Crippen LogP contribution in [-0.2, 0) is 6.54 Å². The van der Waals surface area contributed by atoms with Crippen LogP contribution in [0.5, 0.6) is 0 Å². The molecular weight excluding hydrogens is 263 g/mol. The van der Waals surface area contributed by atoms with Crippen molar-refractivity contribution in [1.82, 2.24) is 10.2 Å². The molecule has 1 spiro atoms. The molecule has 1 aromatic rings. The van der Waals surface area contributed by atoms with Gasteiger partial charge in [0.05, 0.1) is 5.02 Å². The highest BCUT2D eigenvalue weighted by Gasteiger charge is 2.38. The van der Waals surface area contributed by atoms with Crippen LogP contribution in [0.3, 0.4) is 0 Å². The minimum atomic E-state index is -0.258. The van der Waals surface area contributed by atoms with Gasteiger partial charge in [-0.1, -0.05) is 23.7 Å². The number of benzene rings is 1. The highest BCUT2D eigenvalue weighted by molar-refractivity contribution is 6.30. The lowest BCUT2D eigenvalue weighted by Gasteiger charge is -2.34. The van der Waals surface area contributed by atoms with Crippen molar-refractivity contribution in [3.05, 3.63) is 34.6 Å². The van der Waals surface area contributed by atoms with Crippen molar-refractivity contribution in [3.8, 4) is 0 Å². The monoisotopic (exact) mass is 282 g/mol. The summed E-state index contributed by atoms with van der Waals surface area (Å²) in [7, 11) is 0. The Morgan fingerprint density at radius 2 is 2.26 bits per heavy atom. The Hall–Kier alpha value is -0.640. The number of hydrogen-bond donors (Lipinski definition) is 1. The second-order valence-corrected chi connectivity index (χ2v) is 6.36. The van der Waals surface area contributed by atoms with Gasteiger partial charge in [-0.15, -0.1) is 0 Å². The van der Waals surface area contributed by atoms with E-state index in [9.17, 15) is 4.39 Å². The second-order valence-electron chi connectivity index (χ2n) is 5.95. The van der Waals surface area contributed by atoms with Crippen LogP contribution in [0.2, 0.25) is 5.02 Å². The Bertz CT molecular complexity index is 457. The van der Waals surface area contributed by atoms with Crippen LogP contribution >= 0.6 is 11.6 Å². The van der Waals surface area contributed by atoms with Gasteiger partial charge in [-0.2, -0.15) is 0 Å². The van der Waals surface area contributed by atoms with E-state index in [-0.39, 0.29) is 10.8 Å². The molecule has 3 rings (SSSR count). The summed E-state index contributed by atoms with van der Waals surface area (Å²) >= 11 is 5.84. The Labute approximate surface area is 118 Å². The zero-order valence-electron chi connectivity index (χ0n) is 11.1. The third kappa shape index (κ3) is 2.78. The lowest BCUT2D eigenvalue weighted by atomic mass is 9.80. The van der Waals surface area contributed by atoms with Crippen LogP contribution in [0.4, 0.5) is 4.39 Å². The zero-order chi connectivity index (χ0) is 13.3. The predicted octanol–water partition coefficient (Wildman–Crippen LogP) is 3.05. The molecule has 2 aliphatic rings. The SMILES string of the molecule is Fc1c(Cl)cccc1CN1CC[C@@]2(CCCNC2)C1. The maximum absolute atomic E-state index is 13.9. The summed E-state index contributed by atoms with van der Waals surface area (Å²) in [4.78, 5) is 2.36. The van der Waals surface area contributed by atoms with Crippen molar-refractivity contribution in [2.75, 3.05) is 26.2 Å². The summed E-state index contributed by atoms with van der Waals surface area (Å²) < 4.78 is 13.9. The van der Waals surface area contributed by atoms with Gasteiger partial charge in [-0.05, 0) is 43.8 Å². The van der Waals surface area contributed by atoms with E-state index in [1.165, 1.54) is 19.3 Å². The number of hydrogen-bond acceptors (Lipinski definition) is 2. The molecule has 0 radical (unpaired) electrons. The molecule has 0 aromatic heterocycles. The van der Waals surface area contributed by atoms with Gasteiger partial charge >= 0.3 is 0 Å². The van der Waals surface area contributed by atoms with Crippen LogP contribution in [-0.4, -0.2) is 31.1 Å². The van der Waals surface area contributed by atoms with E-state index in [4.69, 9.17) is 11.6 Å². The molecule has 1 atom stereocenters. The molecule has 19 heavy (non-hydrogen) atoms. The smallest absolute Gasteiger partial charge is 0.146 e. The van der Waals surface area contributed by atoms with Crippen LogP contribution in [0, 0.1) is 11.2 Å². The number of rotatable bonds is 2. The molecule has 2 nitrogen and oxygen atoms in total. The second kappa shape index (κ2) is 5.39. The lowest BCUT2D eigenvalue weighted by Crippen LogP contribution is -2.41. The van der Waals surface area contributed by atoms with Crippen molar-refractivity contribution < 1.29 is 4.39 Å². The molecule has 0 aliphatic carbocycles. The normalized spacial score (nSPS) is 28.1. The van der Waals surface area contributed by atoms with Gasteiger partial charge in [-0.25, -0.2) is 4.39 Å². The van der Waals surface area contributed by atoms with E-state index < -0.39 is 0 Å². The maximum atomic E-state index is 13.9. The molecule has 0 bridgehead atoms. The van der Waals surface area contributed by atoms with Crippen LogP contribution in [0.15, 0.2) is 18.2 Å². The number of halogens is 2. The Balaban J connectivity index is 1.67. The minimum Gasteiger partial charge on any atom is -0.316 e. The number of likely N-dealkylation sites (tertiary alicyclic amines) is 1. The molecule has 2 heterocycles. The topological polar surface area (TPSA) is 15.3 Å². The lowest BCUT2D eigenvalue weighted by molar-refractivity contribution is 0.199. The average molecular weight is 283 g/mol. The predicted molar refractivity (Wildman–Crippen MR) is 75.8 cm³/mol. The standard InChI is InChI=1S/C15H20ClFN2/c16-13-4-1-3-12(14(13)17)9-19-8-6-15(11-19)5-2-7-18-10-15/h1,3-4,18H,2,5-11H2/t15-/m1/s1. The van der Waals surface area contributed by atoms with Gasteiger partial charge in [-0.3, -0.25) is 4.90 Å². The van der Waals surface area contributed by atoms with E-state index in [0.29, 0.717) is 17.5 Å². The molecule has 1 aromatic carbocycles. The summed E-state index contributed by atoms with van der Waals surface area (Å²) in [5, 5.41) is 3.73. The summed E-state index contributed by atoms with van der Waals surface area (Å²) in [5.41, 5.74) is 1.14. The van der Waals surface area contributed by atoms with Gasteiger partial charge in [0.2, 0.25) is 0 Å². The minimum absolute atomic E-state index is 0.228. The van der Waals surface area contributed by atoms with Crippen molar-refractivity contribution >= 4 is 11.6 Å². The Kier molecular flexibility index (Phi) is 3.79. The molecule has 0 amide bonds. The van der Waals surface area contributed by atoms with Crippen molar-refractivity contribution in [1.29, 1.82) is 0 Å². The molecule has 2 fully saturated rings. The maximum Gasteiger partial charge on any atom is 0.146 e. The highest BCUT2D eigenvalue weighted by atomic mass is 35.5. The van der Waals surface area contributed by atoms with E-state index in [1.54, 1.807) is 6.07 Å². The van der Waals surface area contributed by atoms with E-state index in [1.807, 2.05) is 12.1 Å². The number of nitrogens with zero attached hydrogens (tertiary/aromatic N) is 1. The first kappa shape index (κ1) is 13.3. The first-order valence-corrected chi connectivity index (χ1v) is 7.42. The molecule has 2 saturated heterocycles. The van der Waals surface area contributed by atoms with E-state index in [0.717, 1.165) is 26.2 Å². The summed E-state index contributed by atoms with van der Waals surface area (Å²) in [6.45, 7) is 5.07. The summed E-state index contributed by atoms with van der Waals surface area (Å²) in [5.74, 6) is -0.258. The molecular formula is C15H20ClFN2. The van der Waals surface area contributed by atoms with Crippen molar-refractivity contribution in [2.24, 2.45) is 5.41 Å². The van der Waals surface area contributed by atoms with Crippen molar-refractivity contribution in [3.63, 3.8) is 0 Å². The largest absolute Gasteiger partial charge is 0.316 e. The molecule has 0 saturated carbocycles. The molecule has 2 aliphatic heterocycles. The third-order valence-electron chi connectivity index (χ3n) is 4.50. The van der Waals surface area contributed by atoms with Gasteiger partial charge < -0.3 is 5.32 Å². The quantitative estimate of drug-likeness (QED) is 0.897. The van der Waals surface area contributed by atoms with Gasteiger partial charge in [0, 0.05) is 25.2 Å². The van der Waals surface area contributed by atoms with E-state index in [2.05, 4.69) is 10.2 Å². The fourth-order valence-corrected chi connectivity index (χ4v) is 3.65. The first-order chi connectivity index (χ1) is 9.19.